The zero-order chi connectivity index (χ0) is 8.97. The summed E-state index contributed by atoms with van der Waals surface area (Å²) in [4.78, 5) is 15.0. The van der Waals surface area contributed by atoms with E-state index >= 15 is 0 Å². The highest BCUT2D eigenvalue weighted by Crippen LogP contribution is 2.10. The Balaban J connectivity index is 2.57. The molecule has 0 fully saturated rings. The Hall–Kier alpha value is -0.830. The fraction of sp³-hybridized carbons (Fsp3) is 0.500. The van der Waals surface area contributed by atoms with E-state index in [0.717, 1.165) is 0 Å². The molecule has 0 saturated heterocycles. The summed E-state index contributed by atoms with van der Waals surface area (Å²) in [5.74, 6) is 0.147. The number of esters is 1. The van der Waals surface area contributed by atoms with E-state index in [9.17, 15) is 4.79 Å². The van der Waals surface area contributed by atoms with Crippen molar-refractivity contribution in [2.45, 2.75) is 12.5 Å². The summed E-state index contributed by atoms with van der Waals surface area (Å²) >= 11 is 5.58. The van der Waals surface area contributed by atoms with Gasteiger partial charge in [-0.25, -0.2) is 4.79 Å². The van der Waals surface area contributed by atoms with Crippen LogP contribution in [0.2, 0.25) is 0 Å². The first kappa shape index (κ1) is 9.26. The molecule has 0 radical (unpaired) electrons. The second-order valence-corrected chi connectivity index (χ2v) is 2.78. The summed E-state index contributed by atoms with van der Waals surface area (Å²) in [6.45, 7) is 0. The molecule has 1 atom stereocenters. The number of dihydropyridines is 1. The van der Waals surface area contributed by atoms with Crippen molar-refractivity contribution in [3.05, 3.63) is 11.6 Å². The normalized spacial score (nSPS) is 21.8. The van der Waals surface area contributed by atoms with Crippen molar-refractivity contribution < 1.29 is 9.53 Å². The van der Waals surface area contributed by atoms with E-state index in [-0.39, 0.29) is 12.0 Å². The Kier molecular flexibility index (Phi) is 3.29. The van der Waals surface area contributed by atoms with Crippen LogP contribution in [0.15, 0.2) is 16.6 Å². The molecule has 0 spiro atoms. The quantitative estimate of drug-likeness (QED) is 0.481. The van der Waals surface area contributed by atoms with Gasteiger partial charge < -0.3 is 4.74 Å². The number of carbonyl (C=O) groups excluding carboxylic acids is 1. The van der Waals surface area contributed by atoms with E-state index in [1.54, 1.807) is 6.08 Å². The zero-order valence-electron chi connectivity index (χ0n) is 6.79. The van der Waals surface area contributed by atoms with Crippen LogP contribution in [0.5, 0.6) is 0 Å². The van der Waals surface area contributed by atoms with Crippen LogP contribution >= 0.6 is 11.6 Å². The van der Waals surface area contributed by atoms with Crippen molar-refractivity contribution in [2.24, 2.45) is 4.99 Å². The predicted octanol–water partition coefficient (Wildman–Crippen LogP) is 1.17. The van der Waals surface area contributed by atoms with Gasteiger partial charge >= 0.3 is 5.97 Å². The van der Waals surface area contributed by atoms with E-state index in [2.05, 4.69) is 9.73 Å². The molecule has 0 aliphatic carbocycles. The lowest BCUT2D eigenvalue weighted by molar-refractivity contribution is -0.135. The Bertz CT molecular complexity index is 235. The van der Waals surface area contributed by atoms with Gasteiger partial charge in [-0.05, 0) is 6.42 Å². The number of carbonyl (C=O) groups is 1. The van der Waals surface area contributed by atoms with Crippen molar-refractivity contribution in [2.75, 3.05) is 13.0 Å². The number of hydrogen-bond donors (Lipinski definition) is 0. The molecule has 0 aromatic rings. The first-order valence-corrected chi connectivity index (χ1v) is 4.19. The number of halogens is 1. The van der Waals surface area contributed by atoms with Crippen LogP contribution in [0.4, 0.5) is 0 Å². The SMILES string of the molecule is COC(=O)C1=CCC(CCl)N=C1. The van der Waals surface area contributed by atoms with Crippen molar-refractivity contribution >= 4 is 23.8 Å². The molecule has 0 N–H and O–H groups in total. The number of aliphatic imine (C=N–C) groups is 1. The second-order valence-electron chi connectivity index (χ2n) is 2.47. The van der Waals surface area contributed by atoms with Crippen LogP contribution in [-0.2, 0) is 9.53 Å². The van der Waals surface area contributed by atoms with Gasteiger partial charge in [-0.2, -0.15) is 0 Å². The summed E-state index contributed by atoms with van der Waals surface area (Å²) in [6.07, 6.45) is 4.03. The van der Waals surface area contributed by atoms with Gasteiger partial charge in [-0.3, -0.25) is 4.99 Å². The van der Waals surface area contributed by atoms with E-state index in [1.807, 2.05) is 0 Å². The van der Waals surface area contributed by atoms with Crippen molar-refractivity contribution in [3.63, 3.8) is 0 Å². The molecule has 1 unspecified atom stereocenters. The van der Waals surface area contributed by atoms with Crippen molar-refractivity contribution in [1.29, 1.82) is 0 Å². The maximum Gasteiger partial charge on any atom is 0.339 e. The zero-order valence-corrected chi connectivity index (χ0v) is 7.54. The standard InChI is InChI=1S/C8H10ClNO2/c1-12-8(11)6-2-3-7(4-9)10-5-6/h2,5,7H,3-4H2,1H3. The maximum absolute atomic E-state index is 10.9. The smallest absolute Gasteiger partial charge is 0.339 e. The van der Waals surface area contributed by atoms with E-state index in [0.29, 0.717) is 17.9 Å². The molecule has 0 aromatic carbocycles. The van der Waals surface area contributed by atoms with Crippen LogP contribution < -0.4 is 0 Å². The average Bonchev–Trinajstić information content (AvgIpc) is 2.17. The highest BCUT2D eigenvalue weighted by molar-refractivity contribution is 6.18. The molecule has 66 valence electrons. The largest absolute Gasteiger partial charge is 0.465 e. The van der Waals surface area contributed by atoms with Gasteiger partial charge in [0.25, 0.3) is 0 Å². The lowest BCUT2D eigenvalue weighted by Gasteiger charge is -2.11. The minimum atomic E-state index is -0.341. The van der Waals surface area contributed by atoms with Gasteiger partial charge in [-0.15, -0.1) is 11.6 Å². The minimum Gasteiger partial charge on any atom is -0.465 e. The summed E-state index contributed by atoms with van der Waals surface area (Å²) in [5, 5.41) is 0. The lowest BCUT2D eigenvalue weighted by atomic mass is 10.1. The molecular formula is C8H10ClNO2. The van der Waals surface area contributed by atoms with Crippen LogP contribution in [0.1, 0.15) is 6.42 Å². The maximum atomic E-state index is 10.9. The fourth-order valence-corrected chi connectivity index (χ4v) is 1.12. The topological polar surface area (TPSA) is 38.7 Å². The lowest BCUT2D eigenvalue weighted by Crippen LogP contribution is -2.15. The number of nitrogens with zero attached hydrogens (tertiary/aromatic N) is 1. The van der Waals surface area contributed by atoms with Gasteiger partial charge in [0.2, 0.25) is 0 Å². The molecule has 12 heavy (non-hydrogen) atoms. The van der Waals surface area contributed by atoms with Gasteiger partial charge in [-0.1, -0.05) is 6.08 Å². The summed E-state index contributed by atoms with van der Waals surface area (Å²) < 4.78 is 4.53. The van der Waals surface area contributed by atoms with E-state index in [1.165, 1.54) is 13.3 Å². The third kappa shape index (κ3) is 2.08. The molecule has 0 aromatic heterocycles. The fourth-order valence-electron chi connectivity index (χ4n) is 0.919. The molecule has 1 aliphatic heterocycles. The number of hydrogen-bond acceptors (Lipinski definition) is 3. The Labute approximate surface area is 76.1 Å². The average molecular weight is 188 g/mol. The molecule has 3 nitrogen and oxygen atoms in total. The van der Waals surface area contributed by atoms with Crippen molar-refractivity contribution in [1.82, 2.24) is 0 Å². The molecule has 4 heteroatoms. The third-order valence-corrected chi connectivity index (χ3v) is 1.99. The number of alkyl halides is 1. The Morgan fingerprint density at radius 1 is 1.92 bits per heavy atom. The molecule has 1 heterocycles. The molecule has 0 amide bonds. The molecule has 1 aliphatic rings. The van der Waals surface area contributed by atoms with Gasteiger partial charge in [0.1, 0.15) is 0 Å². The number of methoxy groups -OCH3 is 1. The Morgan fingerprint density at radius 2 is 2.67 bits per heavy atom. The highest BCUT2D eigenvalue weighted by Gasteiger charge is 2.13. The van der Waals surface area contributed by atoms with Crippen LogP contribution in [0.25, 0.3) is 0 Å². The minimum absolute atomic E-state index is 0.111. The van der Waals surface area contributed by atoms with Crippen LogP contribution in [0, 0.1) is 0 Å². The third-order valence-electron chi connectivity index (χ3n) is 1.63. The number of rotatable bonds is 2. The van der Waals surface area contributed by atoms with Crippen molar-refractivity contribution in [3.8, 4) is 0 Å². The van der Waals surface area contributed by atoms with E-state index in [4.69, 9.17) is 11.6 Å². The predicted molar refractivity (Wildman–Crippen MR) is 47.7 cm³/mol. The van der Waals surface area contributed by atoms with Crippen LogP contribution in [0.3, 0.4) is 0 Å². The summed E-state index contributed by atoms with van der Waals surface area (Å²) in [5.41, 5.74) is 0.513. The van der Waals surface area contributed by atoms with Crippen LogP contribution in [-0.4, -0.2) is 31.2 Å². The van der Waals surface area contributed by atoms with Gasteiger partial charge in [0.15, 0.2) is 0 Å². The molecule has 1 rings (SSSR count). The van der Waals surface area contributed by atoms with Gasteiger partial charge in [0.05, 0.1) is 18.7 Å². The monoisotopic (exact) mass is 187 g/mol. The number of ether oxygens (including phenoxy) is 1. The molecular weight excluding hydrogens is 178 g/mol. The summed E-state index contributed by atoms with van der Waals surface area (Å²) in [6, 6.07) is 0.111. The molecule has 0 bridgehead atoms. The Morgan fingerprint density at radius 3 is 3.08 bits per heavy atom. The highest BCUT2D eigenvalue weighted by atomic mass is 35.5. The first-order valence-electron chi connectivity index (χ1n) is 3.65. The first-order chi connectivity index (χ1) is 5.77. The van der Waals surface area contributed by atoms with E-state index < -0.39 is 0 Å². The molecule has 0 saturated carbocycles. The summed E-state index contributed by atoms with van der Waals surface area (Å²) in [7, 11) is 1.35. The van der Waals surface area contributed by atoms with Gasteiger partial charge in [0, 0.05) is 12.1 Å². The second kappa shape index (κ2) is 4.26.